The van der Waals surface area contributed by atoms with Crippen molar-refractivity contribution in [3.05, 3.63) is 40.7 Å². The fourth-order valence-electron chi connectivity index (χ4n) is 2.72. The summed E-state index contributed by atoms with van der Waals surface area (Å²) < 4.78 is 10.4. The van der Waals surface area contributed by atoms with Crippen molar-refractivity contribution in [1.29, 1.82) is 0 Å². The topological polar surface area (TPSA) is 112 Å². The van der Waals surface area contributed by atoms with E-state index in [9.17, 15) is 14.4 Å². The summed E-state index contributed by atoms with van der Waals surface area (Å²) in [7, 11) is 2.33. The first kappa shape index (κ1) is 20.1. The maximum Gasteiger partial charge on any atom is 0.361 e. The largest absolute Gasteiger partial charge is 0.464 e. The molecule has 0 bridgehead atoms. The van der Waals surface area contributed by atoms with E-state index in [0.29, 0.717) is 12.1 Å². The molecule has 27 heavy (non-hydrogen) atoms. The molecule has 0 aliphatic rings. The second-order valence-electron chi connectivity index (χ2n) is 5.89. The van der Waals surface area contributed by atoms with Gasteiger partial charge in [-0.2, -0.15) is 0 Å². The number of aromatic nitrogens is 3. The number of esters is 2. The highest BCUT2D eigenvalue weighted by atomic mass is 16.5. The van der Waals surface area contributed by atoms with Gasteiger partial charge in [0.05, 0.1) is 14.2 Å². The third kappa shape index (κ3) is 3.97. The number of hydrogen-bond acceptors (Lipinski definition) is 7. The van der Waals surface area contributed by atoms with E-state index in [1.165, 1.54) is 7.11 Å². The number of hydrogen-bond donors (Lipinski definition) is 1. The van der Waals surface area contributed by atoms with E-state index < -0.39 is 18.0 Å². The molecule has 0 aliphatic heterocycles. The molecule has 9 nitrogen and oxygen atoms in total. The van der Waals surface area contributed by atoms with E-state index in [2.05, 4.69) is 20.4 Å². The molecular weight excluding hydrogens is 352 g/mol. The molecule has 2 aromatic rings. The Balaban J connectivity index is 2.45. The summed E-state index contributed by atoms with van der Waals surface area (Å²) in [6, 6.07) is 4.79. The van der Waals surface area contributed by atoms with Gasteiger partial charge in [-0.05, 0) is 31.4 Å². The molecule has 1 N–H and O–H groups in total. The highest BCUT2D eigenvalue weighted by Gasteiger charge is 2.32. The maximum absolute atomic E-state index is 12.9. The monoisotopic (exact) mass is 374 g/mol. The van der Waals surface area contributed by atoms with Gasteiger partial charge in [0.2, 0.25) is 11.6 Å². The van der Waals surface area contributed by atoms with Crippen LogP contribution in [0.3, 0.4) is 0 Å². The van der Waals surface area contributed by atoms with Crippen molar-refractivity contribution in [1.82, 2.24) is 15.0 Å². The summed E-state index contributed by atoms with van der Waals surface area (Å²) in [6.07, 6.45) is 0.310. The average molecular weight is 374 g/mol. The fraction of sp³-hybridized carbons (Fsp3) is 0.389. The number of benzene rings is 1. The van der Waals surface area contributed by atoms with Crippen LogP contribution in [0.5, 0.6) is 0 Å². The number of anilines is 1. The van der Waals surface area contributed by atoms with Gasteiger partial charge >= 0.3 is 11.9 Å². The molecule has 9 heteroatoms. The van der Waals surface area contributed by atoms with Gasteiger partial charge in [0.25, 0.3) is 0 Å². The Morgan fingerprint density at radius 2 is 1.70 bits per heavy atom. The number of para-hydroxylation sites is 1. The van der Waals surface area contributed by atoms with Crippen LogP contribution < -0.4 is 5.32 Å². The molecule has 1 unspecified atom stereocenters. The number of amides is 1. The molecule has 0 aliphatic carbocycles. The maximum atomic E-state index is 12.9. The standard InChI is InChI=1S/C18H22N4O5/c1-6-12(16(23)19-13-10(2)8-7-9-11(13)3)22-15(18(25)27-5)14(20-21-22)17(24)26-4/h7-9,12H,6H2,1-5H3,(H,19,23). The average Bonchev–Trinajstić information content (AvgIpc) is 3.09. The lowest BCUT2D eigenvalue weighted by atomic mass is 10.1. The Morgan fingerprint density at radius 1 is 1.11 bits per heavy atom. The predicted octanol–water partition coefficient (Wildman–Crippen LogP) is 2.06. The van der Waals surface area contributed by atoms with Crippen LogP contribution in [0.4, 0.5) is 5.69 Å². The zero-order valence-electron chi connectivity index (χ0n) is 15.9. The molecular formula is C18H22N4O5. The molecule has 0 spiro atoms. The molecule has 1 amide bonds. The fourth-order valence-corrected chi connectivity index (χ4v) is 2.72. The van der Waals surface area contributed by atoms with Crippen molar-refractivity contribution in [3.63, 3.8) is 0 Å². The van der Waals surface area contributed by atoms with Crippen molar-refractivity contribution < 1.29 is 23.9 Å². The minimum atomic E-state index is -0.871. The summed E-state index contributed by atoms with van der Waals surface area (Å²) in [5.41, 5.74) is 1.96. The first-order chi connectivity index (χ1) is 12.8. The molecule has 1 aromatic heterocycles. The van der Waals surface area contributed by atoms with Crippen molar-refractivity contribution in [2.24, 2.45) is 0 Å². The minimum absolute atomic E-state index is 0.229. The SMILES string of the molecule is CCC(C(=O)Nc1c(C)cccc1C)n1nnc(C(=O)OC)c1C(=O)OC. The third-order valence-corrected chi connectivity index (χ3v) is 4.17. The highest BCUT2D eigenvalue weighted by Crippen LogP contribution is 2.23. The zero-order chi connectivity index (χ0) is 20.1. The van der Waals surface area contributed by atoms with Gasteiger partial charge in [-0.15, -0.1) is 5.10 Å². The smallest absolute Gasteiger partial charge is 0.361 e. The predicted molar refractivity (Wildman–Crippen MR) is 96.6 cm³/mol. The van der Waals surface area contributed by atoms with Crippen LogP contribution in [-0.4, -0.2) is 47.1 Å². The number of nitrogens with zero attached hydrogens (tertiary/aromatic N) is 3. The van der Waals surface area contributed by atoms with Crippen molar-refractivity contribution >= 4 is 23.5 Å². The lowest BCUT2D eigenvalue weighted by molar-refractivity contribution is -0.119. The van der Waals surface area contributed by atoms with E-state index in [4.69, 9.17) is 4.74 Å². The second-order valence-corrected chi connectivity index (χ2v) is 5.89. The Labute approximate surface area is 156 Å². The van der Waals surface area contributed by atoms with Gasteiger partial charge in [0.1, 0.15) is 6.04 Å². The normalized spacial score (nSPS) is 11.6. The molecule has 0 fully saturated rings. The Bertz CT molecular complexity index is 854. The number of carbonyl (C=O) groups excluding carboxylic acids is 3. The summed E-state index contributed by atoms with van der Waals surface area (Å²) >= 11 is 0. The van der Waals surface area contributed by atoms with Gasteiger partial charge in [-0.3, -0.25) is 4.79 Å². The summed E-state index contributed by atoms with van der Waals surface area (Å²) in [5, 5.41) is 10.4. The lowest BCUT2D eigenvalue weighted by Crippen LogP contribution is -2.30. The number of methoxy groups -OCH3 is 2. The Hall–Kier alpha value is -3.23. The van der Waals surface area contributed by atoms with Crippen LogP contribution in [-0.2, 0) is 14.3 Å². The van der Waals surface area contributed by atoms with Crippen molar-refractivity contribution in [2.75, 3.05) is 19.5 Å². The number of nitrogens with one attached hydrogen (secondary N) is 1. The van der Waals surface area contributed by atoms with Crippen LogP contribution in [0.2, 0.25) is 0 Å². The van der Waals surface area contributed by atoms with Gasteiger partial charge < -0.3 is 14.8 Å². The highest BCUT2D eigenvalue weighted by molar-refractivity contribution is 6.01. The number of aryl methyl sites for hydroxylation is 2. The molecule has 2 rings (SSSR count). The van der Waals surface area contributed by atoms with E-state index in [-0.39, 0.29) is 17.3 Å². The van der Waals surface area contributed by atoms with E-state index in [1.54, 1.807) is 6.92 Å². The molecule has 144 valence electrons. The van der Waals surface area contributed by atoms with Crippen molar-refractivity contribution in [3.8, 4) is 0 Å². The summed E-state index contributed by atoms with van der Waals surface area (Å²) in [4.78, 5) is 37.0. The quantitative estimate of drug-likeness (QED) is 0.770. The zero-order valence-corrected chi connectivity index (χ0v) is 15.9. The van der Waals surface area contributed by atoms with Gasteiger partial charge in [-0.1, -0.05) is 30.3 Å². The molecule has 0 radical (unpaired) electrons. The molecule has 0 saturated carbocycles. The molecule has 1 aromatic carbocycles. The molecule has 1 heterocycles. The van der Waals surface area contributed by atoms with E-state index in [1.807, 2.05) is 32.0 Å². The number of carbonyl (C=O) groups is 3. The van der Waals surface area contributed by atoms with Crippen LogP contribution in [0, 0.1) is 13.8 Å². The minimum Gasteiger partial charge on any atom is -0.464 e. The first-order valence-corrected chi connectivity index (χ1v) is 8.34. The van der Waals surface area contributed by atoms with E-state index in [0.717, 1.165) is 22.9 Å². The number of rotatable bonds is 6. The lowest BCUT2D eigenvalue weighted by Gasteiger charge is -2.18. The van der Waals surface area contributed by atoms with Crippen LogP contribution in [0.15, 0.2) is 18.2 Å². The van der Waals surface area contributed by atoms with Gasteiger partial charge in [-0.25, -0.2) is 14.3 Å². The Kier molecular flexibility index (Phi) is 6.27. The summed E-state index contributed by atoms with van der Waals surface area (Å²) in [6.45, 7) is 5.53. The van der Waals surface area contributed by atoms with Gasteiger partial charge in [0, 0.05) is 5.69 Å². The molecule has 1 atom stereocenters. The van der Waals surface area contributed by atoms with Crippen LogP contribution >= 0.6 is 0 Å². The van der Waals surface area contributed by atoms with Gasteiger partial charge in [0.15, 0.2) is 5.69 Å². The first-order valence-electron chi connectivity index (χ1n) is 8.34. The third-order valence-electron chi connectivity index (χ3n) is 4.17. The Morgan fingerprint density at radius 3 is 2.22 bits per heavy atom. The van der Waals surface area contributed by atoms with Crippen LogP contribution in [0.1, 0.15) is 51.5 Å². The van der Waals surface area contributed by atoms with Crippen LogP contribution in [0.25, 0.3) is 0 Å². The number of ether oxygens (including phenoxy) is 2. The summed E-state index contributed by atoms with van der Waals surface area (Å²) in [5.74, 6) is -2.06. The second kappa shape index (κ2) is 8.43. The van der Waals surface area contributed by atoms with E-state index >= 15 is 0 Å². The molecule has 0 saturated heterocycles. The van der Waals surface area contributed by atoms with Crippen molar-refractivity contribution in [2.45, 2.75) is 33.2 Å².